The average molecular weight is 355 g/mol. The highest BCUT2D eigenvalue weighted by molar-refractivity contribution is 7.13. The van der Waals surface area contributed by atoms with Crippen molar-refractivity contribution in [1.29, 1.82) is 0 Å². The van der Waals surface area contributed by atoms with Crippen LogP contribution in [0.2, 0.25) is 0 Å². The maximum Gasteiger partial charge on any atom is 0.308 e. The molecule has 0 radical (unpaired) electrons. The highest BCUT2D eigenvalue weighted by atomic mass is 32.1. The number of nitrogens with one attached hydrogen (secondary N) is 2. The van der Waals surface area contributed by atoms with Gasteiger partial charge in [0.25, 0.3) is 0 Å². The quantitative estimate of drug-likeness (QED) is 0.629. The molecule has 0 bridgehead atoms. The van der Waals surface area contributed by atoms with Crippen molar-refractivity contribution in [1.82, 2.24) is 10.3 Å². The van der Waals surface area contributed by atoms with Crippen LogP contribution < -0.4 is 10.6 Å². The first kappa shape index (κ1) is 20.1. The Hall–Kier alpha value is -1.96. The lowest BCUT2D eigenvalue weighted by molar-refractivity contribution is -0.142. The van der Waals surface area contributed by atoms with Crippen molar-refractivity contribution in [2.45, 2.75) is 40.5 Å². The van der Waals surface area contributed by atoms with Gasteiger partial charge in [0.15, 0.2) is 5.13 Å². The van der Waals surface area contributed by atoms with E-state index < -0.39 is 11.9 Å². The monoisotopic (exact) mass is 355 g/mol. The molecule has 1 heterocycles. The second-order valence-electron chi connectivity index (χ2n) is 6.43. The summed E-state index contributed by atoms with van der Waals surface area (Å²) < 4.78 is 0. The zero-order valence-corrected chi connectivity index (χ0v) is 15.3. The van der Waals surface area contributed by atoms with E-state index in [-0.39, 0.29) is 36.6 Å². The van der Waals surface area contributed by atoms with E-state index in [1.807, 2.05) is 13.8 Å². The normalized spacial score (nSPS) is 12.2. The third kappa shape index (κ3) is 7.08. The van der Waals surface area contributed by atoms with Gasteiger partial charge in [0.2, 0.25) is 11.8 Å². The van der Waals surface area contributed by atoms with Gasteiger partial charge in [0.05, 0.1) is 18.0 Å². The SMILES string of the molecule is CC(C)CC(CNC(=O)Cc1csc(NC(=O)C(C)C)n1)C(=O)O. The maximum atomic E-state index is 11.9. The lowest BCUT2D eigenvalue weighted by Gasteiger charge is -2.15. The van der Waals surface area contributed by atoms with Crippen molar-refractivity contribution < 1.29 is 19.5 Å². The van der Waals surface area contributed by atoms with Crippen LogP contribution in [0.5, 0.6) is 0 Å². The number of rotatable bonds is 9. The van der Waals surface area contributed by atoms with Crippen LogP contribution in [0.3, 0.4) is 0 Å². The fourth-order valence-corrected chi connectivity index (χ4v) is 2.71. The van der Waals surface area contributed by atoms with Crippen LogP contribution in [0, 0.1) is 17.8 Å². The molecule has 8 heteroatoms. The van der Waals surface area contributed by atoms with Gasteiger partial charge in [-0.2, -0.15) is 0 Å². The van der Waals surface area contributed by atoms with Gasteiger partial charge < -0.3 is 15.7 Å². The van der Waals surface area contributed by atoms with Gasteiger partial charge in [0, 0.05) is 17.8 Å². The van der Waals surface area contributed by atoms with Crippen LogP contribution in [0.1, 0.15) is 39.8 Å². The molecule has 134 valence electrons. The van der Waals surface area contributed by atoms with Crippen molar-refractivity contribution in [3.8, 4) is 0 Å². The molecule has 1 atom stereocenters. The van der Waals surface area contributed by atoms with Gasteiger partial charge in [0.1, 0.15) is 0 Å². The third-order valence-electron chi connectivity index (χ3n) is 3.30. The molecule has 7 nitrogen and oxygen atoms in total. The number of carboxylic acid groups (broad SMARTS) is 1. The van der Waals surface area contributed by atoms with Crippen molar-refractivity contribution in [2.75, 3.05) is 11.9 Å². The van der Waals surface area contributed by atoms with Crippen molar-refractivity contribution in [3.05, 3.63) is 11.1 Å². The number of thiazole rings is 1. The Balaban J connectivity index is 2.49. The van der Waals surface area contributed by atoms with E-state index in [0.717, 1.165) is 0 Å². The predicted molar refractivity (Wildman–Crippen MR) is 92.9 cm³/mol. The number of amides is 2. The fraction of sp³-hybridized carbons (Fsp3) is 0.625. The number of carboxylic acids is 1. The Morgan fingerprint density at radius 3 is 2.46 bits per heavy atom. The molecule has 1 rings (SSSR count). The van der Waals surface area contributed by atoms with E-state index in [9.17, 15) is 14.4 Å². The van der Waals surface area contributed by atoms with Gasteiger partial charge in [-0.05, 0) is 12.3 Å². The number of carbonyl (C=O) groups excluding carboxylic acids is 2. The number of carbonyl (C=O) groups is 3. The van der Waals surface area contributed by atoms with E-state index in [1.54, 1.807) is 19.2 Å². The van der Waals surface area contributed by atoms with Crippen molar-refractivity contribution in [3.63, 3.8) is 0 Å². The summed E-state index contributed by atoms with van der Waals surface area (Å²) in [6, 6.07) is 0. The summed E-state index contributed by atoms with van der Waals surface area (Å²) in [4.78, 5) is 38.9. The van der Waals surface area contributed by atoms with Gasteiger partial charge >= 0.3 is 5.97 Å². The summed E-state index contributed by atoms with van der Waals surface area (Å²) in [5.74, 6) is -1.81. The standard InChI is InChI=1S/C16H25N3O4S/c1-9(2)5-11(15(22)23)7-17-13(20)6-12-8-24-16(18-12)19-14(21)10(3)4/h8-11H,5-7H2,1-4H3,(H,17,20)(H,22,23)(H,18,19,21). The molecule has 0 spiro atoms. The summed E-state index contributed by atoms with van der Waals surface area (Å²) in [6.07, 6.45) is 0.569. The smallest absolute Gasteiger partial charge is 0.308 e. The largest absolute Gasteiger partial charge is 0.481 e. The first-order chi connectivity index (χ1) is 11.2. The number of hydrogen-bond acceptors (Lipinski definition) is 5. The number of nitrogens with zero attached hydrogens (tertiary/aromatic N) is 1. The first-order valence-corrected chi connectivity index (χ1v) is 8.81. The molecule has 0 saturated carbocycles. The molecule has 0 aliphatic carbocycles. The lowest BCUT2D eigenvalue weighted by Crippen LogP contribution is -2.34. The van der Waals surface area contributed by atoms with Crippen LogP contribution in [-0.4, -0.2) is 34.4 Å². The Morgan fingerprint density at radius 2 is 1.92 bits per heavy atom. The highest BCUT2D eigenvalue weighted by Gasteiger charge is 2.20. The van der Waals surface area contributed by atoms with E-state index >= 15 is 0 Å². The highest BCUT2D eigenvalue weighted by Crippen LogP contribution is 2.17. The number of aromatic nitrogens is 1. The Morgan fingerprint density at radius 1 is 1.25 bits per heavy atom. The third-order valence-corrected chi connectivity index (χ3v) is 4.11. The van der Waals surface area contributed by atoms with Crippen molar-refractivity contribution >= 4 is 34.3 Å². The van der Waals surface area contributed by atoms with Crippen LogP contribution in [0.25, 0.3) is 0 Å². The molecule has 0 fully saturated rings. The minimum atomic E-state index is -0.906. The molecule has 3 N–H and O–H groups in total. The predicted octanol–water partition coefficient (Wildman–Crippen LogP) is 2.14. The zero-order chi connectivity index (χ0) is 18.3. The fourth-order valence-electron chi connectivity index (χ4n) is 2.00. The second kappa shape index (κ2) is 9.36. The van der Waals surface area contributed by atoms with Crippen LogP contribution in [0.4, 0.5) is 5.13 Å². The Bertz CT molecular complexity index is 584. The van der Waals surface area contributed by atoms with Crippen LogP contribution >= 0.6 is 11.3 Å². The molecule has 0 aliphatic rings. The summed E-state index contributed by atoms with van der Waals surface area (Å²) in [5.41, 5.74) is 0.548. The second-order valence-corrected chi connectivity index (χ2v) is 7.29. The van der Waals surface area contributed by atoms with E-state index in [4.69, 9.17) is 5.11 Å². The molecule has 1 unspecified atom stereocenters. The summed E-state index contributed by atoms with van der Waals surface area (Å²) in [6.45, 7) is 7.56. The maximum absolute atomic E-state index is 11.9. The molecule has 1 aromatic heterocycles. The number of hydrogen-bond donors (Lipinski definition) is 3. The molecular weight excluding hydrogens is 330 g/mol. The number of aliphatic carboxylic acids is 1. The summed E-state index contributed by atoms with van der Waals surface area (Å²) >= 11 is 1.26. The molecule has 0 aromatic carbocycles. The average Bonchev–Trinajstić information content (AvgIpc) is 2.89. The first-order valence-electron chi connectivity index (χ1n) is 7.93. The Kier molecular flexibility index (Phi) is 7.84. The molecule has 1 aromatic rings. The number of anilines is 1. The van der Waals surface area contributed by atoms with Gasteiger partial charge in [-0.1, -0.05) is 27.7 Å². The van der Waals surface area contributed by atoms with Gasteiger partial charge in [-0.25, -0.2) is 4.98 Å². The minimum absolute atomic E-state index is 0.0576. The van der Waals surface area contributed by atoms with E-state index in [0.29, 0.717) is 17.2 Å². The van der Waals surface area contributed by atoms with Crippen LogP contribution in [0.15, 0.2) is 5.38 Å². The van der Waals surface area contributed by atoms with E-state index in [2.05, 4.69) is 15.6 Å². The minimum Gasteiger partial charge on any atom is -0.481 e. The molecule has 0 saturated heterocycles. The molecular formula is C16H25N3O4S. The summed E-state index contributed by atoms with van der Waals surface area (Å²) in [7, 11) is 0. The summed E-state index contributed by atoms with van der Waals surface area (Å²) in [5, 5.41) is 16.6. The Labute approximate surface area is 145 Å². The topological polar surface area (TPSA) is 108 Å². The molecule has 2 amide bonds. The van der Waals surface area contributed by atoms with Gasteiger partial charge in [-0.15, -0.1) is 11.3 Å². The van der Waals surface area contributed by atoms with Gasteiger partial charge in [-0.3, -0.25) is 14.4 Å². The zero-order valence-electron chi connectivity index (χ0n) is 14.5. The van der Waals surface area contributed by atoms with Crippen molar-refractivity contribution in [2.24, 2.45) is 17.8 Å². The van der Waals surface area contributed by atoms with Crippen LogP contribution in [-0.2, 0) is 20.8 Å². The lowest BCUT2D eigenvalue weighted by atomic mass is 9.97. The molecule has 24 heavy (non-hydrogen) atoms. The molecule has 0 aliphatic heterocycles. The van der Waals surface area contributed by atoms with E-state index in [1.165, 1.54) is 11.3 Å².